The molecule has 0 saturated carbocycles. The molecule has 0 aromatic carbocycles. The maximum atomic E-state index is 12.8. The van der Waals surface area contributed by atoms with E-state index in [1.807, 2.05) is 0 Å². The fourth-order valence-corrected chi connectivity index (χ4v) is 5.26. The van der Waals surface area contributed by atoms with Crippen LogP contribution in [0.5, 0.6) is 0 Å². The summed E-state index contributed by atoms with van der Waals surface area (Å²) >= 11 is 3.51. The van der Waals surface area contributed by atoms with Crippen LogP contribution in [-0.4, -0.2) is 58.2 Å². The summed E-state index contributed by atoms with van der Waals surface area (Å²) in [6.07, 6.45) is 2.21. The maximum Gasteiger partial charge on any atom is 0.310 e. The molecule has 0 bridgehead atoms. The molecular formula is C13H17N3O3S2. The predicted octanol–water partition coefficient (Wildman–Crippen LogP) is 0.937. The van der Waals surface area contributed by atoms with Gasteiger partial charge in [-0.3, -0.25) is 14.7 Å². The van der Waals surface area contributed by atoms with E-state index in [-0.39, 0.29) is 23.0 Å². The molecule has 2 unspecified atom stereocenters. The van der Waals surface area contributed by atoms with E-state index >= 15 is 0 Å². The van der Waals surface area contributed by atoms with Crippen LogP contribution in [0.2, 0.25) is 0 Å². The highest BCUT2D eigenvalue weighted by Crippen LogP contribution is 2.32. The third-order valence-corrected chi connectivity index (χ3v) is 6.47. The van der Waals surface area contributed by atoms with Gasteiger partial charge < -0.3 is 9.64 Å². The number of amides is 1. The minimum atomic E-state index is -0.326. The average molecular weight is 327 g/mol. The van der Waals surface area contributed by atoms with Crippen LogP contribution in [0, 0.1) is 5.92 Å². The molecule has 6 nitrogen and oxygen atoms in total. The van der Waals surface area contributed by atoms with E-state index < -0.39 is 0 Å². The Morgan fingerprint density at radius 3 is 3.05 bits per heavy atom. The quantitative estimate of drug-likeness (QED) is 0.815. The number of aromatic amines is 1. The van der Waals surface area contributed by atoms with E-state index in [4.69, 9.17) is 4.74 Å². The summed E-state index contributed by atoms with van der Waals surface area (Å²) in [5.74, 6) is 2.38. The number of fused-ring (bicyclic) bond motifs is 1. The molecule has 0 radical (unpaired) electrons. The molecule has 2 aliphatic rings. The van der Waals surface area contributed by atoms with E-state index in [9.17, 15) is 9.59 Å². The van der Waals surface area contributed by atoms with Gasteiger partial charge >= 0.3 is 5.97 Å². The van der Waals surface area contributed by atoms with Gasteiger partial charge in [-0.05, 0) is 0 Å². The molecule has 8 heteroatoms. The molecule has 3 heterocycles. The first-order valence-corrected chi connectivity index (χ1v) is 9.02. The van der Waals surface area contributed by atoms with Crippen molar-refractivity contribution < 1.29 is 14.3 Å². The van der Waals surface area contributed by atoms with Crippen molar-refractivity contribution in [2.24, 2.45) is 5.92 Å². The van der Waals surface area contributed by atoms with Crippen molar-refractivity contribution in [2.75, 3.05) is 35.8 Å². The van der Waals surface area contributed by atoms with E-state index in [1.165, 1.54) is 7.11 Å². The number of nitrogens with one attached hydrogen (secondary N) is 1. The number of hydrogen-bond donors (Lipinski definition) is 1. The molecule has 1 saturated heterocycles. The minimum absolute atomic E-state index is 0.0390. The van der Waals surface area contributed by atoms with E-state index in [2.05, 4.69) is 10.2 Å². The Bertz CT molecular complexity index is 543. The summed E-state index contributed by atoms with van der Waals surface area (Å²) in [6, 6.07) is 0. The number of methoxy groups -OCH3 is 1. The number of aromatic nitrogens is 2. The second-order valence-electron chi connectivity index (χ2n) is 5.04. The van der Waals surface area contributed by atoms with Crippen LogP contribution in [0.4, 0.5) is 5.69 Å². The lowest BCUT2D eigenvalue weighted by atomic mass is 9.97. The SMILES string of the molecule is COC(=O)C1Cc2[nH]ncc2N(C(=O)C2CSCCS2)C1. The highest BCUT2D eigenvalue weighted by atomic mass is 32.2. The Morgan fingerprint density at radius 1 is 1.48 bits per heavy atom. The van der Waals surface area contributed by atoms with Crippen molar-refractivity contribution in [3.63, 3.8) is 0 Å². The Balaban J connectivity index is 1.83. The summed E-state index contributed by atoms with van der Waals surface area (Å²) in [7, 11) is 1.38. The van der Waals surface area contributed by atoms with E-state index in [0.717, 1.165) is 28.6 Å². The van der Waals surface area contributed by atoms with Crippen LogP contribution in [0.3, 0.4) is 0 Å². The van der Waals surface area contributed by atoms with Crippen molar-refractivity contribution >= 4 is 41.1 Å². The Morgan fingerprint density at radius 2 is 2.33 bits per heavy atom. The van der Waals surface area contributed by atoms with Crippen molar-refractivity contribution in [3.05, 3.63) is 11.9 Å². The first kappa shape index (κ1) is 14.8. The Kier molecular flexibility index (Phi) is 4.44. The number of carbonyl (C=O) groups is 2. The van der Waals surface area contributed by atoms with Gasteiger partial charge in [0, 0.05) is 30.2 Å². The van der Waals surface area contributed by atoms with Gasteiger partial charge in [0.25, 0.3) is 0 Å². The number of anilines is 1. The molecular weight excluding hydrogens is 310 g/mol. The fraction of sp³-hybridized carbons (Fsp3) is 0.615. The fourth-order valence-electron chi connectivity index (χ4n) is 2.66. The summed E-state index contributed by atoms with van der Waals surface area (Å²) in [5.41, 5.74) is 1.63. The zero-order valence-electron chi connectivity index (χ0n) is 11.7. The number of H-pyrrole nitrogens is 1. The summed E-state index contributed by atoms with van der Waals surface area (Å²) in [5, 5.41) is 6.87. The summed E-state index contributed by atoms with van der Waals surface area (Å²) in [6.45, 7) is 0.375. The van der Waals surface area contributed by atoms with E-state index in [0.29, 0.717) is 13.0 Å². The molecule has 3 rings (SSSR count). The molecule has 0 aliphatic carbocycles. The molecule has 1 fully saturated rings. The largest absolute Gasteiger partial charge is 0.469 e. The number of thioether (sulfide) groups is 2. The van der Waals surface area contributed by atoms with Crippen LogP contribution in [0.15, 0.2) is 6.20 Å². The average Bonchev–Trinajstić information content (AvgIpc) is 3.01. The van der Waals surface area contributed by atoms with Gasteiger partial charge in [-0.2, -0.15) is 16.9 Å². The number of rotatable bonds is 2. The zero-order valence-corrected chi connectivity index (χ0v) is 13.3. The molecule has 0 spiro atoms. The van der Waals surface area contributed by atoms with Gasteiger partial charge in [0.05, 0.1) is 35.9 Å². The third kappa shape index (κ3) is 2.91. The van der Waals surface area contributed by atoms with Crippen molar-refractivity contribution in [1.82, 2.24) is 10.2 Å². The van der Waals surface area contributed by atoms with Crippen LogP contribution < -0.4 is 4.90 Å². The topological polar surface area (TPSA) is 75.3 Å². The third-order valence-electron chi connectivity index (χ3n) is 3.73. The van der Waals surface area contributed by atoms with Gasteiger partial charge in [-0.15, -0.1) is 11.8 Å². The van der Waals surface area contributed by atoms with Crippen LogP contribution in [-0.2, 0) is 20.7 Å². The van der Waals surface area contributed by atoms with Gasteiger partial charge in [-0.1, -0.05) is 0 Å². The lowest BCUT2D eigenvalue weighted by Gasteiger charge is -2.33. The Hall–Kier alpha value is -1.15. The lowest BCUT2D eigenvalue weighted by molar-refractivity contribution is -0.145. The molecule has 1 N–H and O–H groups in total. The highest BCUT2D eigenvalue weighted by molar-refractivity contribution is 8.07. The number of ether oxygens (including phenoxy) is 1. The van der Waals surface area contributed by atoms with Gasteiger partial charge in [0.1, 0.15) is 0 Å². The first-order chi connectivity index (χ1) is 10.2. The number of esters is 1. The smallest absolute Gasteiger partial charge is 0.310 e. The van der Waals surface area contributed by atoms with Crippen molar-refractivity contribution in [1.29, 1.82) is 0 Å². The molecule has 1 aromatic heterocycles. The summed E-state index contributed by atoms with van der Waals surface area (Å²) in [4.78, 5) is 26.3. The van der Waals surface area contributed by atoms with Crippen LogP contribution >= 0.6 is 23.5 Å². The lowest BCUT2D eigenvalue weighted by Crippen LogP contribution is -2.47. The standard InChI is InChI=1S/C13H17N3O3S2/c1-19-13(18)8-4-9-10(5-14-15-9)16(6-8)12(17)11-7-20-2-3-21-11/h5,8,11H,2-4,6-7H2,1H3,(H,14,15). The Labute approximate surface area is 131 Å². The second kappa shape index (κ2) is 6.31. The van der Waals surface area contributed by atoms with Crippen LogP contribution in [0.1, 0.15) is 5.69 Å². The van der Waals surface area contributed by atoms with Crippen molar-refractivity contribution in [2.45, 2.75) is 11.7 Å². The number of carbonyl (C=O) groups excluding carboxylic acids is 2. The predicted molar refractivity (Wildman–Crippen MR) is 83.7 cm³/mol. The second-order valence-corrected chi connectivity index (χ2v) is 7.50. The van der Waals surface area contributed by atoms with Gasteiger partial charge in [0.2, 0.25) is 5.91 Å². The minimum Gasteiger partial charge on any atom is -0.469 e. The molecule has 2 atom stereocenters. The number of hydrogen-bond acceptors (Lipinski definition) is 6. The molecule has 1 aromatic rings. The highest BCUT2D eigenvalue weighted by Gasteiger charge is 2.37. The van der Waals surface area contributed by atoms with Gasteiger partial charge in [-0.25, -0.2) is 0 Å². The summed E-state index contributed by atoms with van der Waals surface area (Å²) < 4.78 is 4.83. The molecule has 2 aliphatic heterocycles. The van der Waals surface area contributed by atoms with E-state index in [1.54, 1.807) is 34.6 Å². The van der Waals surface area contributed by atoms with Gasteiger partial charge in [0.15, 0.2) is 0 Å². The normalized spacial score (nSPS) is 25.3. The first-order valence-electron chi connectivity index (χ1n) is 6.81. The maximum absolute atomic E-state index is 12.8. The molecule has 114 valence electrons. The van der Waals surface area contributed by atoms with Crippen LogP contribution in [0.25, 0.3) is 0 Å². The number of nitrogens with zero attached hydrogens (tertiary/aromatic N) is 2. The molecule has 21 heavy (non-hydrogen) atoms. The zero-order chi connectivity index (χ0) is 14.8. The molecule has 1 amide bonds. The monoisotopic (exact) mass is 327 g/mol. The van der Waals surface area contributed by atoms with Crippen molar-refractivity contribution in [3.8, 4) is 0 Å².